The van der Waals surface area contributed by atoms with Crippen molar-refractivity contribution >= 4 is 27.7 Å². The summed E-state index contributed by atoms with van der Waals surface area (Å²) in [4.78, 5) is 24.6. The monoisotopic (exact) mass is 446 g/mol. The lowest BCUT2D eigenvalue weighted by Crippen LogP contribution is -2.32. The smallest absolute Gasteiger partial charge is 0.249 e. The molecule has 1 aliphatic heterocycles. The van der Waals surface area contributed by atoms with Crippen LogP contribution < -0.4 is 14.8 Å². The van der Waals surface area contributed by atoms with Gasteiger partial charge in [0.05, 0.1) is 12.8 Å². The van der Waals surface area contributed by atoms with E-state index >= 15 is 0 Å². The van der Waals surface area contributed by atoms with E-state index in [1.165, 1.54) is 17.9 Å². The summed E-state index contributed by atoms with van der Waals surface area (Å²) in [5.74, 6) is -0.0500. The third-order valence-corrected chi connectivity index (χ3v) is 7.31. The van der Waals surface area contributed by atoms with Crippen LogP contribution in [-0.2, 0) is 21.2 Å². The first-order chi connectivity index (χ1) is 14.8. The van der Waals surface area contributed by atoms with Gasteiger partial charge >= 0.3 is 0 Å². The molecule has 2 aliphatic rings. The van der Waals surface area contributed by atoms with Crippen LogP contribution in [0.2, 0.25) is 0 Å². The van der Waals surface area contributed by atoms with Crippen molar-refractivity contribution in [1.29, 1.82) is 0 Å². The molecule has 2 heterocycles. The predicted molar refractivity (Wildman–Crippen MR) is 115 cm³/mol. The van der Waals surface area contributed by atoms with E-state index in [0.717, 1.165) is 25.7 Å². The topological polar surface area (TPSA) is 119 Å². The number of sulfonamides is 1. The van der Waals surface area contributed by atoms with E-state index in [0.29, 0.717) is 23.2 Å². The van der Waals surface area contributed by atoms with Gasteiger partial charge in [0.15, 0.2) is 0 Å². The van der Waals surface area contributed by atoms with Crippen LogP contribution in [-0.4, -0.2) is 43.2 Å². The number of nitrogens with zero attached hydrogens (tertiary/aromatic N) is 2. The van der Waals surface area contributed by atoms with Gasteiger partial charge in [0.25, 0.3) is 0 Å². The molecule has 10 heteroatoms. The molecule has 2 N–H and O–H groups in total. The molecule has 2 aromatic rings. The van der Waals surface area contributed by atoms with Crippen LogP contribution in [0.15, 0.2) is 23.1 Å². The second-order valence-electron chi connectivity index (χ2n) is 7.85. The molecule has 166 valence electrons. The largest absolute Gasteiger partial charge is 0.495 e. The van der Waals surface area contributed by atoms with Crippen molar-refractivity contribution in [3.05, 3.63) is 23.9 Å². The summed E-state index contributed by atoms with van der Waals surface area (Å²) in [5.41, 5.74) is 1.69. The van der Waals surface area contributed by atoms with Gasteiger partial charge in [0.2, 0.25) is 21.8 Å². The highest BCUT2D eigenvalue weighted by atomic mass is 32.2. The number of aromatic nitrogens is 2. The van der Waals surface area contributed by atoms with Gasteiger partial charge in [0.1, 0.15) is 16.5 Å². The van der Waals surface area contributed by atoms with Crippen LogP contribution in [0, 0.1) is 0 Å². The Morgan fingerprint density at radius 1 is 1.23 bits per heavy atom. The standard InChI is InChI=1S/C21H26N4O5S/c1-3-15-20(21-22-18(26)10-11-19(27)25(21)23-15)13-8-9-16(30-2)17(12-13)31(28,29)24-14-6-4-5-7-14/h8-9,12,14,24H,3-7,10-11H2,1-2H3,(H,22,26). The maximum atomic E-state index is 13.2. The van der Waals surface area contributed by atoms with Gasteiger partial charge in [0, 0.05) is 24.4 Å². The molecule has 0 atom stereocenters. The van der Waals surface area contributed by atoms with E-state index in [2.05, 4.69) is 15.1 Å². The molecule has 1 saturated carbocycles. The maximum Gasteiger partial charge on any atom is 0.249 e. The highest BCUT2D eigenvalue weighted by Gasteiger charge is 2.30. The number of amides is 1. The van der Waals surface area contributed by atoms with Crippen LogP contribution in [0.1, 0.15) is 55.9 Å². The minimum Gasteiger partial charge on any atom is -0.495 e. The van der Waals surface area contributed by atoms with Crippen LogP contribution in [0.4, 0.5) is 5.82 Å². The average molecular weight is 447 g/mol. The van der Waals surface area contributed by atoms with E-state index in [1.54, 1.807) is 12.1 Å². The number of ether oxygens (including phenoxy) is 1. The van der Waals surface area contributed by atoms with Crippen LogP contribution in [0.5, 0.6) is 5.75 Å². The van der Waals surface area contributed by atoms with Gasteiger partial charge in [-0.25, -0.2) is 13.1 Å². The molecule has 0 saturated heterocycles. The van der Waals surface area contributed by atoms with Crippen molar-refractivity contribution in [2.24, 2.45) is 0 Å². The normalized spacial score (nSPS) is 17.4. The van der Waals surface area contributed by atoms with Gasteiger partial charge in [-0.05, 0) is 37.0 Å². The van der Waals surface area contributed by atoms with Gasteiger partial charge < -0.3 is 10.1 Å². The number of carbonyl (C=O) groups is 2. The number of aryl methyl sites for hydroxylation is 1. The molecule has 1 fully saturated rings. The Balaban J connectivity index is 1.84. The molecule has 1 aliphatic carbocycles. The number of rotatable bonds is 6. The lowest BCUT2D eigenvalue weighted by molar-refractivity contribution is -0.116. The Hall–Kier alpha value is -2.72. The minimum absolute atomic E-state index is 0.0210. The third-order valence-electron chi connectivity index (χ3n) is 5.77. The number of carbonyl (C=O) groups excluding carboxylic acids is 2. The van der Waals surface area contributed by atoms with Crippen molar-refractivity contribution in [2.45, 2.75) is 62.8 Å². The summed E-state index contributed by atoms with van der Waals surface area (Å²) in [6.07, 6.45) is 4.28. The number of hydrogen-bond acceptors (Lipinski definition) is 6. The number of benzene rings is 1. The highest BCUT2D eigenvalue weighted by molar-refractivity contribution is 7.89. The number of nitrogens with one attached hydrogen (secondary N) is 2. The number of hydrogen-bond donors (Lipinski definition) is 2. The van der Waals surface area contributed by atoms with Crippen LogP contribution in [0.25, 0.3) is 11.1 Å². The fourth-order valence-electron chi connectivity index (χ4n) is 4.20. The highest BCUT2D eigenvalue weighted by Crippen LogP contribution is 2.37. The first kappa shape index (κ1) is 21.5. The van der Waals surface area contributed by atoms with Gasteiger partial charge in [-0.1, -0.05) is 25.8 Å². The van der Waals surface area contributed by atoms with E-state index in [4.69, 9.17) is 4.74 Å². The summed E-state index contributed by atoms with van der Waals surface area (Å²) in [7, 11) is -2.40. The van der Waals surface area contributed by atoms with Gasteiger partial charge in [-0.15, -0.1) is 0 Å². The summed E-state index contributed by atoms with van der Waals surface area (Å²) in [6, 6.07) is 4.73. The maximum absolute atomic E-state index is 13.2. The van der Waals surface area contributed by atoms with Crippen molar-refractivity contribution in [3.63, 3.8) is 0 Å². The molecule has 0 bridgehead atoms. The Morgan fingerprint density at radius 2 is 1.97 bits per heavy atom. The molecule has 0 radical (unpaired) electrons. The predicted octanol–water partition coefficient (Wildman–Crippen LogP) is 2.71. The zero-order valence-corrected chi connectivity index (χ0v) is 18.4. The van der Waals surface area contributed by atoms with Crippen LogP contribution >= 0.6 is 0 Å². The van der Waals surface area contributed by atoms with Crippen molar-refractivity contribution < 1.29 is 22.7 Å². The lowest BCUT2D eigenvalue weighted by atomic mass is 10.0. The second-order valence-corrected chi connectivity index (χ2v) is 9.53. The van der Waals surface area contributed by atoms with Crippen LogP contribution in [0.3, 0.4) is 0 Å². The Kier molecular flexibility index (Phi) is 5.85. The molecule has 1 aromatic heterocycles. The third kappa shape index (κ3) is 4.09. The SMILES string of the molecule is CCc1nn2c(c1-c1ccc(OC)c(S(=O)(=O)NC3CCCC3)c1)NC(=O)CCC2=O. The Morgan fingerprint density at radius 3 is 2.65 bits per heavy atom. The van der Waals surface area contributed by atoms with Gasteiger partial charge in [-0.3, -0.25) is 9.59 Å². The molecule has 9 nitrogen and oxygen atoms in total. The van der Waals surface area contributed by atoms with E-state index in [9.17, 15) is 18.0 Å². The first-order valence-corrected chi connectivity index (χ1v) is 12.0. The van der Waals surface area contributed by atoms with Crippen molar-refractivity contribution in [2.75, 3.05) is 12.4 Å². The Labute approximate surface area is 181 Å². The van der Waals surface area contributed by atoms with Crippen molar-refractivity contribution in [1.82, 2.24) is 14.5 Å². The quantitative estimate of drug-likeness (QED) is 0.704. The van der Waals surface area contributed by atoms with Crippen molar-refractivity contribution in [3.8, 4) is 16.9 Å². The summed E-state index contributed by atoms with van der Waals surface area (Å²) in [5, 5.41) is 7.16. The fraction of sp³-hybridized carbons (Fsp3) is 0.476. The molecule has 1 aromatic carbocycles. The zero-order chi connectivity index (χ0) is 22.2. The summed E-state index contributed by atoms with van der Waals surface area (Å²) < 4.78 is 35.6. The number of fused-ring (bicyclic) bond motifs is 1. The summed E-state index contributed by atoms with van der Waals surface area (Å²) in [6.45, 7) is 1.89. The molecular formula is C21H26N4O5S. The lowest BCUT2D eigenvalue weighted by Gasteiger charge is -2.16. The molecule has 0 spiro atoms. The van der Waals surface area contributed by atoms with E-state index < -0.39 is 10.0 Å². The summed E-state index contributed by atoms with van der Waals surface area (Å²) >= 11 is 0. The average Bonchev–Trinajstić information content (AvgIpc) is 3.35. The van der Waals surface area contributed by atoms with Gasteiger partial charge in [-0.2, -0.15) is 9.78 Å². The number of methoxy groups -OCH3 is 1. The minimum atomic E-state index is -3.83. The zero-order valence-electron chi connectivity index (χ0n) is 17.6. The van der Waals surface area contributed by atoms with E-state index in [1.807, 2.05) is 6.92 Å². The number of anilines is 1. The first-order valence-electron chi connectivity index (χ1n) is 10.5. The molecule has 0 unspecified atom stereocenters. The van der Waals surface area contributed by atoms with E-state index in [-0.39, 0.29) is 47.2 Å². The molecular weight excluding hydrogens is 420 g/mol. The molecule has 31 heavy (non-hydrogen) atoms. The Bertz CT molecular complexity index is 1130. The second kappa shape index (κ2) is 8.43. The molecule has 4 rings (SSSR count). The molecule has 1 amide bonds. The fourth-order valence-corrected chi connectivity index (χ4v) is 5.70.